The van der Waals surface area contributed by atoms with Crippen LogP contribution < -0.4 is 0 Å². The Morgan fingerprint density at radius 2 is 2.05 bits per heavy atom. The standard InChI is InChI=1S/C19H34O2S/c1-2-3-4-5-6-7-11-17-13-10-14-18(17)12-8-9-15-22-16-19(20)21/h7,11,17-18H,2-6,8-10,12-16H2,1H3,(H,20,21)/t17-,18-/m0/s1. The van der Waals surface area contributed by atoms with Crippen molar-refractivity contribution in [1.82, 2.24) is 0 Å². The van der Waals surface area contributed by atoms with Gasteiger partial charge in [0.2, 0.25) is 0 Å². The molecule has 0 aromatic carbocycles. The zero-order chi connectivity index (χ0) is 16.0. The van der Waals surface area contributed by atoms with Crippen LogP contribution in [0.3, 0.4) is 0 Å². The number of hydrogen-bond acceptors (Lipinski definition) is 2. The number of carboxylic acid groups (broad SMARTS) is 1. The van der Waals surface area contributed by atoms with E-state index in [0.29, 0.717) is 0 Å². The van der Waals surface area contributed by atoms with Gasteiger partial charge >= 0.3 is 5.97 Å². The molecule has 0 saturated heterocycles. The van der Waals surface area contributed by atoms with E-state index in [2.05, 4.69) is 19.1 Å². The Hall–Kier alpha value is -0.440. The Morgan fingerprint density at radius 3 is 2.82 bits per heavy atom. The minimum absolute atomic E-state index is 0.257. The second-order valence-corrected chi connectivity index (χ2v) is 7.68. The first kappa shape index (κ1) is 19.6. The topological polar surface area (TPSA) is 37.3 Å². The molecule has 0 bridgehead atoms. The molecule has 0 unspecified atom stereocenters. The zero-order valence-corrected chi connectivity index (χ0v) is 15.1. The van der Waals surface area contributed by atoms with Gasteiger partial charge in [-0.2, -0.15) is 11.8 Å². The average Bonchev–Trinajstić information content (AvgIpc) is 2.93. The first-order valence-corrected chi connectivity index (χ1v) is 10.4. The molecule has 1 N–H and O–H groups in total. The van der Waals surface area contributed by atoms with E-state index in [1.807, 2.05) is 0 Å². The molecule has 128 valence electrons. The Labute approximate surface area is 141 Å². The molecule has 0 heterocycles. The highest BCUT2D eigenvalue weighted by Gasteiger charge is 2.24. The van der Waals surface area contributed by atoms with E-state index in [9.17, 15) is 4.79 Å². The highest BCUT2D eigenvalue weighted by molar-refractivity contribution is 7.99. The van der Waals surface area contributed by atoms with Crippen molar-refractivity contribution < 1.29 is 9.90 Å². The Balaban J connectivity index is 2.07. The molecule has 0 aliphatic heterocycles. The number of hydrogen-bond donors (Lipinski definition) is 1. The maximum absolute atomic E-state index is 10.4. The quantitative estimate of drug-likeness (QED) is 0.337. The van der Waals surface area contributed by atoms with Crippen molar-refractivity contribution in [2.75, 3.05) is 11.5 Å². The first-order valence-electron chi connectivity index (χ1n) is 9.20. The number of rotatable bonds is 13. The van der Waals surface area contributed by atoms with Crippen LogP contribution in [0.4, 0.5) is 0 Å². The molecule has 1 fully saturated rings. The summed E-state index contributed by atoms with van der Waals surface area (Å²) in [7, 11) is 0. The van der Waals surface area contributed by atoms with Gasteiger partial charge in [-0.1, -0.05) is 51.2 Å². The van der Waals surface area contributed by atoms with Crippen LogP contribution in [0.1, 0.15) is 77.6 Å². The lowest BCUT2D eigenvalue weighted by molar-refractivity contribution is -0.133. The van der Waals surface area contributed by atoms with Gasteiger partial charge < -0.3 is 5.11 Å². The van der Waals surface area contributed by atoms with E-state index < -0.39 is 5.97 Å². The van der Waals surface area contributed by atoms with Crippen LogP contribution in [0.5, 0.6) is 0 Å². The summed E-state index contributed by atoms with van der Waals surface area (Å²) >= 11 is 1.55. The Bertz CT molecular complexity index is 315. The molecule has 0 aromatic heterocycles. The number of unbranched alkanes of at least 4 members (excludes halogenated alkanes) is 5. The molecule has 0 amide bonds. The van der Waals surface area contributed by atoms with E-state index in [0.717, 1.165) is 17.6 Å². The van der Waals surface area contributed by atoms with Gasteiger partial charge in [0.15, 0.2) is 0 Å². The third-order valence-corrected chi connectivity index (χ3v) is 5.69. The van der Waals surface area contributed by atoms with Crippen LogP contribution >= 0.6 is 11.8 Å². The summed E-state index contributed by atoms with van der Waals surface area (Å²) in [6.07, 6.45) is 19.5. The van der Waals surface area contributed by atoms with Gasteiger partial charge in [0, 0.05) is 0 Å². The van der Waals surface area contributed by atoms with E-state index in [4.69, 9.17) is 5.11 Å². The van der Waals surface area contributed by atoms with Crippen LogP contribution in [-0.2, 0) is 4.79 Å². The Morgan fingerprint density at radius 1 is 1.18 bits per heavy atom. The molecule has 1 aliphatic carbocycles. The van der Waals surface area contributed by atoms with Gasteiger partial charge in [-0.25, -0.2) is 0 Å². The summed E-state index contributed by atoms with van der Waals surface area (Å²) in [6.45, 7) is 2.26. The highest BCUT2D eigenvalue weighted by atomic mass is 32.2. The fraction of sp³-hybridized carbons (Fsp3) is 0.842. The van der Waals surface area contributed by atoms with Crippen molar-refractivity contribution in [3.63, 3.8) is 0 Å². The summed E-state index contributed by atoms with van der Waals surface area (Å²) in [5, 5.41) is 8.60. The third-order valence-electron chi connectivity index (χ3n) is 4.66. The predicted octanol–water partition coefficient (Wildman–Crippen LogP) is 5.92. The lowest BCUT2D eigenvalue weighted by atomic mass is 9.90. The van der Waals surface area contributed by atoms with Gasteiger partial charge in [0.1, 0.15) is 0 Å². The van der Waals surface area contributed by atoms with Gasteiger partial charge in [0.05, 0.1) is 5.75 Å². The number of thioether (sulfide) groups is 1. The van der Waals surface area contributed by atoms with Gasteiger partial charge in [0.25, 0.3) is 0 Å². The lowest BCUT2D eigenvalue weighted by Crippen LogP contribution is -2.05. The number of aliphatic carboxylic acids is 1. The average molecular weight is 327 g/mol. The summed E-state index contributed by atoms with van der Waals surface area (Å²) in [5.41, 5.74) is 0. The molecule has 0 aromatic rings. The molecule has 2 atom stereocenters. The van der Waals surface area contributed by atoms with Crippen molar-refractivity contribution in [1.29, 1.82) is 0 Å². The minimum Gasteiger partial charge on any atom is -0.481 e. The largest absolute Gasteiger partial charge is 0.481 e. The molecule has 3 heteroatoms. The molecule has 22 heavy (non-hydrogen) atoms. The second-order valence-electron chi connectivity index (χ2n) is 6.57. The molecule has 1 aliphatic rings. The molecular formula is C19H34O2S. The van der Waals surface area contributed by atoms with Crippen molar-refractivity contribution in [2.45, 2.75) is 77.6 Å². The minimum atomic E-state index is -0.690. The SMILES string of the molecule is CCCCCCC=C[C@H]1CCC[C@@H]1CCCCSCC(=O)O. The fourth-order valence-corrected chi connectivity index (χ4v) is 4.13. The summed E-state index contributed by atoms with van der Waals surface area (Å²) in [6, 6.07) is 0. The number of allylic oxidation sites excluding steroid dienone is 2. The smallest absolute Gasteiger partial charge is 0.313 e. The van der Waals surface area contributed by atoms with Gasteiger partial charge in [-0.3, -0.25) is 4.79 Å². The normalized spacial score (nSPS) is 21.7. The predicted molar refractivity (Wildman–Crippen MR) is 97.5 cm³/mol. The number of carbonyl (C=O) groups is 1. The summed E-state index contributed by atoms with van der Waals surface area (Å²) < 4.78 is 0. The van der Waals surface area contributed by atoms with E-state index in [1.165, 1.54) is 70.6 Å². The van der Waals surface area contributed by atoms with Crippen molar-refractivity contribution >= 4 is 17.7 Å². The van der Waals surface area contributed by atoms with E-state index >= 15 is 0 Å². The zero-order valence-electron chi connectivity index (χ0n) is 14.3. The maximum Gasteiger partial charge on any atom is 0.313 e. The fourth-order valence-electron chi connectivity index (χ4n) is 3.41. The highest BCUT2D eigenvalue weighted by Crippen LogP contribution is 2.36. The van der Waals surface area contributed by atoms with Crippen molar-refractivity contribution in [3.05, 3.63) is 12.2 Å². The molecule has 1 rings (SSSR count). The second kappa shape index (κ2) is 13.0. The Kier molecular flexibility index (Phi) is 11.6. The molecule has 2 nitrogen and oxygen atoms in total. The molecule has 0 spiro atoms. The van der Waals surface area contributed by atoms with Gasteiger partial charge in [-0.15, -0.1) is 0 Å². The van der Waals surface area contributed by atoms with E-state index in [1.54, 1.807) is 11.8 Å². The molecule has 1 saturated carbocycles. The van der Waals surface area contributed by atoms with Crippen LogP contribution in [0, 0.1) is 11.8 Å². The monoisotopic (exact) mass is 326 g/mol. The van der Waals surface area contributed by atoms with Crippen molar-refractivity contribution in [2.24, 2.45) is 11.8 Å². The number of carboxylic acids is 1. The molecular weight excluding hydrogens is 292 g/mol. The van der Waals surface area contributed by atoms with Gasteiger partial charge in [-0.05, 0) is 56.1 Å². The first-order chi connectivity index (χ1) is 10.7. The van der Waals surface area contributed by atoms with Crippen LogP contribution in [0.2, 0.25) is 0 Å². The lowest BCUT2D eigenvalue weighted by Gasteiger charge is -2.16. The van der Waals surface area contributed by atoms with Crippen LogP contribution in [-0.4, -0.2) is 22.6 Å². The third kappa shape index (κ3) is 9.55. The molecule has 0 radical (unpaired) electrons. The van der Waals surface area contributed by atoms with Crippen molar-refractivity contribution in [3.8, 4) is 0 Å². The summed E-state index contributed by atoms with van der Waals surface area (Å²) in [4.78, 5) is 10.4. The van der Waals surface area contributed by atoms with Crippen LogP contribution in [0.15, 0.2) is 12.2 Å². The summed E-state index contributed by atoms with van der Waals surface area (Å²) in [5.74, 6) is 2.27. The van der Waals surface area contributed by atoms with Crippen LogP contribution in [0.25, 0.3) is 0 Å². The maximum atomic E-state index is 10.4. The van der Waals surface area contributed by atoms with E-state index in [-0.39, 0.29) is 5.75 Å².